The van der Waals surface area contributed by atoms with Gasteiger partial charge in [-0.25, -0.2) is 19.2 Å². The van der Waals surface area contributed by atoms with Crippen LogP contribution < -0.4 is 5.32 Å². The van der Waals surface area contributed by atoms with Crippen molar-refractivity contribution in [2.24, 2.45) is 0 Å². The normalized spacial score (nSPS) is 10.4. The Morgan fingerprint density at radius 3 is 3.00 bits per heavy atom. The van der Waals surface area contributed by atoms with Crippen LogP contribution in [0.1, 0.15) is 23.2 Å². The smallest absolute Gasteiger partial charge is 0.357 e. The van der Waals surface area contributed by atoms with Crippen LogP contribution in [0.3, 0.4) is 0 Å². The second kappa shape index (κ2) is 6.78. The topological polar surface area (TPSA) is 81.9 Å². The summed E-state index contributed by atoms with van der Waals surface area (Å²) < 4.78 is 18.6. The Kier molecular flexibility index (Phi) is 4.81. The first-order chi connectivity index (χ1) is 10.1. The molecule has 0 fully saturated rings. The van der Waals surface area contributed by atoms with Crippen molar-refractivity contribution in [3.63, 3.8) is 0 Å². The number of anilines is 2. The van der Waals surface area contributed by atoms with E-state index in [4.69, 9.17) is 4.74 Å². The summed E-state index contributed by atoms with van der Waals surface area (Å²) in [5.74, 6) is 0.392. The van der Waals surface area contributed by atoms with Crippen LogP contribution in [-0.4, -0.2) is 39.0 Å². The van der Waals surface area contributed by atoms with Crippen molar-refractivity contribution in [1.82, 2.24) is 19.7 Å². The lowest BCUT2D eigenvalue weighted by Crippen LogP contribution is -2.10. The van der Waals surface area contributed by atoms with Gasteiger partial charge in [-0.1, -0.05) is 0 Å². The maximum atomic E-state index is 12.2. The minimum atomic E-state index is -0.501. The van der Waals surface area contributed by atoms with E-state index in [9.17, 15) is 9.18 Å². The Morgan fingerprint density at radius 1 is 1.48 bits per heavy atom. The molecular formula is C13H16FN5O2. The SMILES string of the molecule is CCOC(=O)c1cc(Nc2cnn(CCF)c2)nc(C)n1. The Morgan fingerprint density at radius 2 is 2.29 bits per heavy atom. The third-order valence-electron chi connectivity index (χ3n) is 2.54. The first-order valence-corrected chi connectivity index (χ1v) is 6.50. The van der Waals surface area contributed by atoms with Crippen LogP contribution in [0.25, 0.3) is 0 Å². The van der Waals surface area contributed by atoms with E-state index in [0.29, 0.717) is 17.3 Å². The van der Waals surface area contributed by atoms with Gasteiger partial charge in [0.25, 0.3) is 0 Å². The predicted octanol–water partition coefficient (Wildman–Crippen LogP) is 1.87. The predicted molar refractivity (Wildman–Crippen MR) is 74.2 cm³/mol. The fourth-order valence-corrected chi connectivity index (χ4v) is 1.73. The molecule has 0 aliphatic rings. The third-order valence-corrected chi connectivity index (χ3v) is 2.54. The number of aromatic nitrogens is 4. The Balaban J connectivity index is 2.17. The van der Waals surface area contributed by atoms with Crippen LogP contribution in [0.15, 0.2) is 18.5 Å². The average molecular weight is 293 g/mol. The zero-order chi connectivity index (χ0) is 15.2. The van der Waals surface area contributed by atoms with Gasteiger partial charge >= 0.3 is 5.97 Å². The van der Waals surface area contributed by atoms with Gasteiger partial charge in [0, 0.05) is 12.3 Å². The Hall–Kier alpha value is -2.51. The first kappa shape index (κ1) is 14.9. The summed E-state index contributed by atoms with van der Waals surface area (Å²) in [6.07, 6.45) is 3.21. The zero-order valence-corrected chi connectivity index (χ0v) is 11.8. The quantitative estimate of drug-likeness (QED) is 0.819. The van der Waals surface area contributed by atoms with Crippen molar-refractivity contribution in [3.8, 4) is 0 Å². The molecule has 21 heavy (non-hydrogen) atoms. The largest absolute Gasteiger partial charge is 0.461 e. The second-order valence-electron chi connectivity index (χ2n) is 4.21. The Labute approximate surface area is 121 Å². The van der Waals surface area contributed by atoms with E-state index in [1.165, 1.54) is 10.7 Å². The molecule has 0 radical (unpaired) electrons. The van der Waals surface area contributed by atoms with Crippen LogP contribution in [0, 0.1) is 6.92 Å². The maximum Gasteiger partial charge on any atom is 0.357 e. The van der Waals surface area contributed by atoms with Crippen LogP contribution >= 0.6 is 0 Å². The van der Waals surface area contributed by atoms with E-state index >= 15 is 0 Å². The molecule has 0 atom stereocenters. The van der Waals surface area contributed by atoms with E-state index in [1.54, 1.807) is 26.2 Å². The molecule has 0 amide bonds. The number of rotatable bonds is 6. The van der Waals surface area contributed by atoms with Gasteiger partial charge < -0.3 is 10.1 Å². The van der Waals surface area contributed by atoms with E-state index in [0.717, 1.165) is 0 Å². The van der Waals surface area contributed by atoms with Gasteiger partial charge in [0.1, 0.15) is 18.3 Å². The van der Waals surface area contributed by atoms with Gasteiger partial charge in [-0.3, -0.25) is 4.68 Å². The zero-order valence-electron chi connectivity index (χ0n) is 11.8. The number of halogens is 1. The summed E-state index contributed by atoms with van der Waals surface area (Å²) in [6, 6.07) is 1.50. The molecule has 2 heterocycles. The number of alkyl halides is 1. The van der Waals surface area contributed by atoms with Gasteiger partial charge in [-0.05, 0) is 13.8 Å². The number of aryl methyl sites for hydroxylation is 2. The molecule has 0 aliphatic carbocycles. The van der Waals surface area contributed by atoms with Crippen molar-refractivity contribution in [2.45, 2.75) is 20.4 Å². The number of carbonyl (C=O) groups excluding carboxylic acids is 1. The highest BCUT2D eigenvalue weighted by molar-refractivity contribution is 5.88. The standard InChI is InChI=1S/C13H16FN5O2/c1-3-21-13(20)11-6-12(17-9(2)16-11)18-10-7-15-19(8-10)5-4-14/h6-8H,3-5H2,1-2H3,(H,16,17,18). The molecule has 1 N–H and O–H groups in total. The highest BCUT2D eigenvalue weighted by atomic mass is 19.1. The van der Waals surface area contributed by atoms with Crippen molar-refractivity contribution in [2.75, 3.05) is 18.6 Å². The maximum absolute atomic E-state index is 12.2. The third kappa shape index (κ3) is 3.98. The van der Waals surface area contributed by atoms with Gasteiger partial charge in [-0.15, -0.1) is 0 Å². The van der Waals surface area contributed by atoms with Crippen LogP contribution in [-0.2, 0) is 11.3 Å². The van der Waals surface area contributed by atoms with Crippen LogP contribution in [0.5, 0.6) is 0 Å². The molecule has 112 valence electrons. The van der Waals surface area contributed by atoms with Crippen molar-refractivity contribution in [3.05, 3.63) is 30.0 Å². The molecule has 2 aromatic heterocycles. The summed E-state index contributed by atoms with van der Waals surface area (Å²) in [4.78, 5) is 19.9. The fraction of sp³-hybridized carbons (Fsp3) is 0.385. The first-order valence-electron chi connectivity index (χ1n) is 6.50. The van der Waals surface area contributed by atoms with E-state index < -0.39 is 12.6 Å². The van der Waals surface area contributed by atoms with Crippen LogP contribution in [0.4, 0.5) is 15.9 Å². The summed E-state index contributed by atoms with van der Waals surface area (Å²) in [5, 5.41) is 6.99. The summed E-state index contributed by atoms with van der Waals surface area (Å²) >= 11 is 0. The van der Waals surface area contributed by atoms with Gasteiger partial charge in [0.15, 0.2) is 5.69 Å². The molecule has 0 aromatic carbocycles. The molecule has 0 saturated heterocycles. The van der Waals surface area contributed by atoms with Crippen molar-refractivity contribution in [1.29, 1.82) is 0 Å². The van der Waals surface area contributed by atoms with E-state index in [2.05, 4.69) is 20.4 Å². The average Bonchev–Trinajstić information content (AvgIpc) is 2.86. The van der Waals surface area contributed by atoms with Gasteiger partial charge in [0.2, 0.25) is 0 Å². The Bertz CT molecular complexity index is 629. The number of carbonyl (C=O) groups is 1. The molecule has 0 bridgehead atoms. The minimum absolute atomic E-state index is 0.183. The molecule has 0 aliphatic heterocycles. The van der Waals surface area contributed by atoms with E-state index in [1.807, 2.05) is 0 Å². The number of nitrogens with one attached hydrogen (secondary N) is 1. The number of nitrogens with zero attached hydrogens (tertiary/aromatic N) is 4. The van der Waals surface area contributed by atoms with Gasteiger partial charge in [-0.2, -0.15) is 5.10 Å². The van der Waals surface area contributed by atoms with E-state index in [-0.39, 0.29) is 18.8 Å². The van der Waals surface area contributed by atoms with Crippen molar-refractivity contribution < 1.29 is 13.9 Å². The van der Waals surface area contributed by atoms with Gasteiger partial charge in [0.05, 0.1) is 25.0 Å². The monoisotopic (exact) mass is 293 g/mol. The summed E-state index contributed by atoms with van der Waals surface area (Å²) in [6.45, 7) is 3.39. The molecule has 2 rings (SSSR count). The molecule has 8 heteroatoms. The van der Waals surface area contributed by atoms with Crippen molar-refractivity contribution >= 4 is 17.5 Å². The lowest BCUT2D eigenvalue weighted by molar-refractivity contribution is 0.0519. The number of esters is 1. The lowest BCUT2D eigenvalue weighted by atomic mass is 10.3. The number of ether oxygens (including phenoxy) is 1. The highest BCUT2D eigenvalue weighted by Gasteiger charge is 2.11. The number of hydrogen-bond donors (Lipinski definition) is 1. The molecule has 2 aromatic rings. The lowest BCUT2D eigenvalue weighted by Gasteiger charge is -2.06. The summed E-state index contributed by atoms with van der Waals surface area (Å²) in [5.41, 5.74) is 0.833. The molecule has 0 unspecified atom stereocenters. The highest BCUT2D eigenvalue weighted by Crippen LogP contribution is 2.15. The molecular weight excluding hydrogens is 277 g/mol. The van der Waals surface area contributed by atoms with Crippen LogP contribution in [0.2, 0.25) is 0 Å². The molecule has 0 saturated carbocycles. The molecule has 0 spiro atoms. The number of hydrogen-bond acceptors (Lipinski definition) is 6. The fourth-order valence-electron chi connectivity index (χ4n) is 1.73. The molecule has 7 nitrogen and oxygen atoms in total. The second-order valence-corrected chi connectivity index (χ2v) is 4.21. The minimum Gasteiger partial charge on any atom is -0.461 e. The summed E-state index contributed by atoms with van der Waals surface area (Å²) in [7, 11) is 0.